The van der Waals surface area contributed by atoms with E-state index in [9.17, 15) is 4.79 Å². The SMILES string of the molecule is CC(C=O)C1OCCO1. The Kier molecular flexibility index (Phi) is 2.19. The highest BCUT2D eigenvalue weighted by Crippen LogP contribution is 2.11. The van der Waals surface area contributed by atoms with E-state index in [4.69, 9.17) is 9.47 Å². The van der Waals surface area contributed by atoms with Gasteiger partial charge in [0, 0.05) is 0 Å². The monoisotopic (exact) mass is 130 g/mol. The number of carbonyl (C=O) groups is 1. The molecule has 0 aromatic rings. The first-order valence-electron chi connectivity index (χ1n) is 3.03. The van der Waals surface area contributed by atoms with Crippen molar-refractivity contribution in [3.63, 3.8) is 0 Å². The molecule has 1 aliphatic heterocycles. The van der Waals surface area contributed by atoms with Crippen LogP contribution in [0.4, 0.5) is 0 Å². The fraction of sp³-hybridized carbons (Fsp3) is 0.833. The highest BCUT2D eigenvalue weighted by molar-refractivity contribution is 5.53. The summed E-state index contributed by atoms with van der Waals surface area (Å²) in [6.45, 7) is 3.01. The second-order valence-electron chi connectivity index (χ2n) is 2.11. The third-order valence-electron chi connectivity index (χ3n) is 1.29. The van der Waals surface area contributed by atoms with Gasteiger partial charge in [-0.25, -0.2) is 0 Å². The first-order valence-corrected chi connectivity index (χ1v) is 3.03. The average molecular weight is 130 g/mol. The summed E-state index contributed by atoms with van der Waals surface area (Å²) in [6.07, 6.45) is 0.554. The molecule has 52 valence electrons. The normalized spacial score (nSPS) is 24.1. The smallest absolute Gasteiger partial charge is 0.166 e. The molecule has 0 radical (unpaired) electrons. The molecule has 1 aliphatic rings. The predicted octanol–water partition coefficient (Wildman–Crippen LogP) is 0.194. The second-order valence-corrected chi connectivity index (χ2v) is 2.11. The van der Waals surface area contributed by atoms with Gasteiger partial charge in [0.15, 0.2) is 6.29 Å². The Morgan fingerprint density at radius 3 is 2.56 bits per heavy atom. The van der Waals surface area contributed by atoms with E-state index in [1.54, 1.807) is 6.92 Å². The van der Waals surface area contributed by atoms with Gasteiger partial charge in [0.1, 0.15) is 6.29 Å². The maximum absolute atomic E-state index is 10.1. The molecule has 0 saturated carbocycles. The molecule has 9 heavy (non-hydrogen) atoms. The molecular weight excluding hydrogens is 120 g/mol. The van der Waals surface area contributed by atoms with Crippen molar-refractivity contribution in [2.75, 3.05) is 13.2 Å². The summed E-state index contributed by atoms with van der Waals surface area (Å²) in [4.78, 5) is 10.1. The van der Waals surface area contributed by atoms with E-state index in [1.165, 1.54) is 0 Å². The molecule has 1 saturated heterocycles. The van der Waals surface area contributed by atoms with Crippen molar-refractivity contribution in [1.82, 2.24) is 0 Å². The third-order valence-corrected chi connectivity index (χ3v) is 1.29. The van der Waals surface area contributed by atoms with Gasteiger partial charge in [-0.2, -0.15) is 0 Å². The number of rotatable bonds is 2. The number of aldehydes is 1. The minimum Gasteiger partial charge on any atom is -0.350 e. The Morgan fingerprint density at radius 1 is 1.56 bits per heavy atom. The highest BCUT2D eigenvalue weighted by Gasteiger charge is 2.21. The van der Waals surface area contributed by atoms with Crippen molar-refractivity contribution in [3.05, 3.63) is 0 Å². The van der Waals surface area contributed by atoms with E-state index >= 15 is 0 Å². The minimum absolute atomic E-state index is 0.132. The van der Waals surface area contributed by atoms with Gasteiger partial charge in [-0.3, -0.25) is 0 Å². The third kappa shape index (κ3) is 1.50. The largest absolute Gasteiger partial charge is 0.350 e. The predicted molar refractivity (Wildman–Crippen MR) is 30.9 cm³/mol. The Hall–Kier alpha value is -0.410. The zero-order valence-corrected chi connectivity index (χ0v) is 5.37. The number of hydrogen-bond acceptors (Lipinski definition) is 3. The van der Waals surface area contributed by atoms with E-state index < -0.39 is 0 Å². The minimum atomic E-state index is -0.289. The van der Waals surface area contributed by atoms with Crippen molar-refractivity contribution in [2.24, 2.45) is 5.92 Å². The lowest BCUT2D eigenvalue weighted by molar-refractivity contribution is -0.125. The van der Waals surface area contributed by atoms with E-state index in [0.717, 1.165) is 6.29 Å². The number of hydrogen-bond donors (Lipinski definition) is 0. The Balaban J connectivity index is 2.32. The fourth-order valence-electron chi connectivity index (χ4n) is 0.744. The summed E-state index contributed by atoms with van der Waals surface area (Å²) in [5, 5.41) is 0. The Morgan fingerprint density at radius 2 is 2.11 bits per heavy atom. The van der Waals surface area contributed by atoms with Gasteiger partial charge in [0.2, 0.25) is 0 Å². The molecule has 0 N–H and O–H groups in total. The molecule has 1 fully saturated rings. The zero-order chi connectivity index (χ0) is 6.69. The van der Waals surface area contributed by atoms with Crippen LogP contribution in [-0.2, 0) is 14.3 Å². The summed E-state index contributed by atoms with van der Waals surface area (Å²) >= 11 is 0. The first-order chi connectivity index (χ1) is 4.34. The summed E-state index contributed by atoms with van der Waals surface area (Å²) in [6, 6.07) is 0. The molecule has 1 unspecified atom stereocenters. The second kappa shape index (κ2) is 2.94. The van der Waals surface area contributed by atoms with Crippen LogP contribution in [0, 0.1) is 5.92 Å². The van der Waals surface area contributed by atoms with Crippen molar-refractivity contribution >= 4 is 6.29 Å². The van der Waals surface area contributed by atoms with Crippen LogP contribution >= 0.6 is 0 Å². The molecule has 1 atom stereocenters. The molecule has 3 nitrogen and oxygen atoms in total. The zero-order valence-electron chi connectivity index (χ0n) is 5.37. The van der Waals surface area contributed by atoms with Gasteiger partial charge in [0.25, 0.3) is 0 Å². The van der Waals surface area contributed by atoms with Gasteiger partial charge >= 0.3 is 0 Å². The summed E-state index contributed by atoms with van der Waals surface area (Å²) in [5.74, 6) is -0.132. The van der Waals surface area contributed by atoms with E-state index in [1.807, 2.05) is 0 Å². The van der Waals surface area contributed by atoms with Crippen LogP contribution in [0.1, 0.15) is 6.92 Å². The van der Waals surface area contributed by atoms with Crippen molar-refractivity contribution < 1.29 is 14.3 Å². The lowest BCUT2D eigenvalue weighted by Gasteiger charge is -2.10. The van der Waals surface area contributed by atoms with Crippen LogP contribution in [0.2, 0.25) is 0 Å². The van der Waals surface area contributed by atoms with Crippen LogP contribution < -0.4 is 0 Å². The standard InChI is InChI=1S/C6H10O3/c1-5(4-7)6-8-2-3-9-6/h4-6H,2-3H2,1H3. The topological polar surface area (TPSA) is 35.5 Å². The maximum atomic E-state index is 10.1. The molecule has 0 aliphatic carbocycles. The van der Waals surface area contributed by atoms with Gasteiger partial charge < -0.3 is 14.3 Å². The summed E-state index contributed by atoms with van der Waals surface area (Å²) < 4.78 is 10.1. The highest BCUT2D eigenvalue weighted by atomic mass is 16.7. The van der Waals surface area contributed by atoms with Crippen LogP contribution in [0.25, 0.3) is 0 Å². The van der Waals surface area contributed by atoms with E-state index in [-0.39, 0.29) is 12.2 Å². The Bertz CT molecular complexity index is 96.5. The molecule has 1 heterocycles. The van der Waals surface area contributed by atoms with Crippen LogP contribution in [0.3, 0.4) is 0 Å². The van der Waals surface area contributed by atoms with Crippen LogP contribution in [0.5, 0.6) is 0 Å². The summed E-state index contributed by atoms with van der Waals surface area (Å²) in [5.41, 5.74) is 0. The van der Waals surface area contributed by atoms with Crippen molar-refractivity contribution in [2.45, 2.75) is 13.2 Å². The van der Waals surface area contributed by atoms with Crippen LogP contribution in [-0.4, -0.2) is 25.8 Å². The quantitative estimate of drug-likeness (QED) is 0.501. The van der Waals surface area contributed by atoms with Gasteiger partial charge in [-0.1, -0.05) is 6.92 Å². The lowest BCUT2D eigenvalue weighted by Crippen LogP contribution is -2.19. The number of ether oxygens (including phenoxy) is 2. The van der Waals surface area contributed by atoms with Gasteiger partial charge in [-0.05, 0) is 0 Å². The van der Waals surface area contributed by atoms with Crippen molar-refractivity contribution in [3.8, 4) is 0 Å². The van der Waals surface area contributed by atoms with Gasteiger partial charge in [-0.15, -0.1) is 0 Å². The Labute approximate surface area is 53.9 Å². The molecule has 0 aromatic carbocycles. The maximum Gasteiger partial charge on any atom is 0.166 e. The lowest BCUT2D eigenvalue weighted by atomic mass is 10.2. The number of carbonyl (C=O) groups excluding carboxylic acids is 1. The van der Waals surface area contributed by atoms with Crippen LogP contribution in [0.15, 0.2) is 0 Å². The van der Waals surface area contributed by atoms with Crippen molar-refractivity contribution in [1.29, 1.82) is 0 Å². The molecule has 0 spiro atoms. The fourth-order valence-corrected chi connectivity index (χ4v) is 0.744. The molecular formula is C6H10O3. The van der Waals surface area contributed by atoms with E-state index in [0.29, 0.717) is 13.2 Å². The van der Waals surface area contributed by atoms with E-state index in [2.05, 4.69) is 0 Å². The molecule has 0 bridgehead atoms. The first kappa shape index (κ1) is 6.71. The van der Waals surface area contributed by atoms with Gasteiger partial charge in [0.05, 0.1) is 19.1 Å². The molecule has 0 aromatic heterocycles. The molecule has 3 heteroatoms. The average Bonchev–Trinajstić information content (AvgIpc) is 2.37. The molecule has 0 amide bonds. The summed E-state index contributed by atoms with van der Waals surface area (Å²) in [7, 11) is 0. The molecule has 1 rings (SSSR count).